The van der Waals surface area contributed by atoms with Crippen molar-refractivity contribution in [3.05, 3.63) is 34.3 Å². The van der Waals surface area contributed by atoms with E-state index in [1.165, 1.54) is 0 Å². The molecule has 1 fully saturated rings. The Balaban J connectivity index is 1.99. The summed E-state index contributed by atoms with van der Waals surface area (Å²) in [6.45, 7) is 2.50. The predicted molar refractivity (Wildman–Crippen MR) is 88.7 cm³/mol. The van der Waals surface area contributed by atoms with E-state index in [9.17, 15) is 5.11 Å². The molecule has 1 aliphatic heterocycles. The fourth-order valence-electron chi connectivity index (χ4n) is 2.59. The van der Waals surface area contributed by atoms with Gasteiger partial charge in [0, 0.05) is 49.7 Å². The largest absolute Gasteiger partial charge is 0.389 e. The number of aliphatic hydroxyl groups is 1. The molecule has 4 nitrogen and oxygen atoms in total. The fourth-order valence-corrected chi connectivity index (χ4v) is 2.95. The zero-order valence-corrected chi connectivity index (χ0v) is 13.7. The number of hydrogen-bond acceptors (Lipinski definition) is 4. The first-order chi connectivity index (χ1) is 9.89. The molecular formula is C15H21ClN2O2S. The van der Waals surface area contributed by atoms with Crippen LogP contribution in [0.25, 0.3) is 0 Å². The molecule has 0 amide bonds. The minimum absolute atomic E-state index is 0.341. The maximum absolute atomic E-state index is 10.5. The highest BCUT2D eigenvalue weighted by atomic mass is 35.5. The average molecular weight is 329 g/mol. The van der Waals surface area contributed by atoms with E-state index in [1.807, 2.05) is 19.2 Å². The van der Waals surface area contributed by atoms with E-state index in [4.69, 9.17) is 34.3 Å². The summed E-state index contributed by atoms with van der Waals surface area (Å²) >= 11 is 11.2. The number of benzene rings is 1. The summed E-state index contributed by atoms with van der Waals surface area (Å²) in [7, 11) is 1.98. The second kappa shape index (κ2) is 7.03. The van der Waals surface area contributed by atoms with Gasteiger partial charge in [0.15, 0.2) is 0 Å². The zero-order chi connectivity index (χ0) is 15.5. The second-order valence-corrected chi connectivity index (χ2v) is 6.53. The molecule has 1 aromatic carbocycles. The van der Waals surface area contributed by atoms with Crippen molar-refractivity contribution in [3.63, 3.8) is 0 Å². The standard InChI is InChI=1S/C15H21ClN2O2S/c1-18(10-15(19)4-6-20-7-5-15)9-12-3-2-11(14(17)21)8-13(12)16/h2-3,8,19H,4-7,9-10H2,1H3,(H2,17,21). The Kier molecular flexibility index (Phi) is 5.57. The van der Waals surface area contributed by atoms with E-state index in [2.05, 4.69) is 4.90 Å². The molecular weight excluding hydrogens is 308 g/mol. The van der Waals surface area contributed by atoms with Crippen molar-refractivity contribution in [1.29, 1.82) is 0 Å². The molecule has 116 valence electrons. The summed E-state index contributed by atoms with van der Waals surface area (Å²) in [5.41, 5.74) is 6.69. The van der Waals surface area contributed by atoms with Crippen LogP contribution in [0.2, 0.25) is 5.02 Å². The van der Waals surface area contributed by atoms with Gasteiger partial charge in [-0.25, -0.2) is 0 Å². The molecule has 21 heavy (non-hydrogen) atoms. The van der Waals surface area contributed by atoms with Crippen LogP contribution in [0.15, 0.2) is 18.2 Å². The third-order valence-electron chi connectivity index (χ3n) is 3.77. The summed E-state index contributed by atoms with van der Waals surface area (Å²) in [5.74, 6) is 0. The summed E-state index contributed by atoms with van der Waals surface area (Å²) < 4.78 is 5.30. The van der Waals surface area contributed by atoms with E-state index >= 15 is 0 Å². The van der Waals surface area contributed by atoms with Crippen LogP contribution in [-0.4, -0.2) is 47.4 Å². The van der Waals surface area contributed by atoms with Crippen molar-refractivity contribution < 1.29 is 9.84 Å². The highest BCUT2D eigenvalue weighted by Gasteiger charge is 2.31. The quantitative estimate of drug-likeness (QED) is 0.809. The first-order valence-electron chi connectivity index (χ1n) is 6.96. The molecule has 0 unspecified atom stereocenters. The van der Waals surface area contributed by atoms with Crippen LogP contribution in [0.4, 0.5) is 0 Å². The number of nitrogens with two attached hydrogens (primary N) is 1. The van der Waals surface area contributed by atoms with Gasteiger partial charge in [0.2, 0.25) is 0 Å². The van der Waals surface area contributed by atoms with Crippen molar-refractivity contribution in [2.45, 2.75) is 25.0 Å². The maximum Gasteiger partial charge on any atom is 0.104 e. The Morgan fingerprint density at radius 3 is 2.71 bits per heavy atom. The molecule has 1 heterocycles. The number of likely N-dealkylation sites (N-methyl/N-ethyl adjacent to an activating group) is 1. The molecule has 0 atom stereocenters. The average Bonchev–Trinajstić information content (AvgIpc) is 2.41. The second-order valence-electron chi connectivity index (χ2n) is 5.68. The topological polar surface area (TPSA) is 58.7 Å². The highest BCUT2D eigenvalue weighted by Crippen LogP contribution is 2.24. The molecule has 1 aromatic rings. The number of ether oxygens (including phenoxy) is 1. The van der Waals surface area contributed by atoms with Gasteiger partial charge >= 0.3 is 0 Å². The van der Waals surface area contributed by atoms with Gasteiger partial charge in [0.1, 0.15) is 4.99 Å². The first-order valence-corrected chi connectivity index (χ1v) is 7.75. The smallest absolute Gasteiger partial charge is 0.104 e. The lowest BCUT2D eigenvalue weighted by Crippen LogP contribution is -2.45. The van der Waals surface area contributed by atoms with E-state index in [1.54, 1.807) is 6.07 Å². The summed E-state index contributed by atoms with van der Waals surface area (Å²) in [6.07, 6.45) is 1.34. The third kappa shape index (κ3) is 4.63. The van der Waals surface area contributed by atoms with Crippen LogP contribution >= 0.6 is 23.8 Å². The van der Waals surface area contributed by atoms with Gasteiger partial charge < -0.3 is 15.6 Å². The van der Waals surface area contributed by atoms with Crippen molar-refractivity contribution in [1.82, 2.24) is 4.90 Å². The van der Waals surface area contributed by atoms with Crippen molar-refractivity contribution in [2.75, 3.05) is 26.8 Å². The summed E-state index contributed by atoms with van der Waals surface area (Å²) in [6, 6.07) is 5.60. The minimum atomic E-state index is -0.668. The molecule has 6 heteroatoms. The van der Waals surface area contributed by atoms with Gasteiger partial charge in [-0.05, 0) is 18.7 Å². The number of hydrogen-bond donors (Lipinski definition) is 2. The molecule has 1 saturated heterocycles. The summed E-state index contributed by atoms with van der Waals surface area (Å²) in [4.78, 5) is 2.42. The van der Waals surface area contributed by atoms with Crippen LogP contribution in [0.5, 0.6) is 0 Å². The lowest BCUT2D eigenvalue weighted by molar-refractivity contribution is -0.0777. The highest BCUT2D eigenvalue weighted by molar-refractivity contribution is 7.80. The molecule has 2 rings (SSSR count). The molecule has 1 aliphatic rings. The van der Waals surface area contributed by atoms with E-state index in [-0.39, 0.29) is 0 Å². The van der Waals surface area contributed by atoms with Gasteiger partial charge in [-0.3, -0.25) is 4.90 Å². The monoisotopic (exact) mass is 328 g/mol. The Morgan fingerprint density at radius 1 is 1.48 bits per heavy atom. The predicted octanol–water partition coefficient (Wildman–Crippen LogP) is 1.95. The van der Waals surface area contributed by atoms with Crippen LogP contribution < -0.4 is 5.73 Å². The van der Waals surface area contributed by atoms with Crippen LogP contribution in [0, 0.1) is 0 Å². The van der Waals surface area contributed by atoms with E-state index < -0.39 is 5.60 Å². The van der Waals surface area contributed by atoms with Gasteiger partial charge in [-0.2, -0.15) is 0 Å². The van der Waals surface area contributed by atoms with Crippen LogP contribution in [-0.2, 0) is 11.3 Å². The summed E-state index contributed by atoms with van der Waals surface area (Å²) in [5, 5.41) is 11.2. The molecule has 0 aromatic heterocycles. The minimum Gasteiger partial charge on any atom is -0.389 e. The molecule has 0 aliphatic carbocycles. The lowest BCUT2D eigenvalue weighted by Gasteiger charge is -2.35. The van der Waals surface area contributed by atoms with Crippen LogP contribution in [0.3, 0.4) is 0 Å². The van der Waals surface area contributed by atoms with Gasteiger partial charge in [0.05, 0.1) is 5.60 Å². The van der Waals surface area contributed by atoms with E-state index in [0.29, 0.717) is 49.2 Å². The Morgan fingerprint density at radius 2 is 2.14 bits per heavy atom. The van der Waals surface area contributed by atoms with E-state index in [0.717, 1.165) is 11.1 Å². The number of nitrogens with zero attached hydrogens (tertiary/aromatic N) is 1. The normalized spacial score (nSPS) is 17.9. The molecule has 0 bridgehead atoms. The Hall–Kier alpha value is -0.720. The van der Waals surface area contributed by atoms with Crippen molar-refractivity contribution in [3.8, 4) is 0 Å². The van der Waals surface area contributed by atoms with Crippen molar-refractivity contribution in [2.24, 2.45) is 5.73 Å². The zero-order valence-electron chi connectivity index (χ0n) is 12.1. The SMILES string of the molecule is CN(Cc1ccc(C(N)=S)cc1Cl)CC1(O)CCOCC1. The third-order valence-corrected chi connectivity index (χ3v) is 4.35. The molecule has 0 saturated carbocycles. The number of rotatable bonds is 5. The lowest BCUT2D eigenvalue weighted by atomic mass is 9.94. The Bertz CT molecular complexity index is 518. The van der Waals surface area contributed by atoms with Gasteiger partial charge in [-0.1, -0.05) is 36.0 Å². The Labute approximate surface area is 135 Å². The van der Waals surface area contributed by atoms with Gasteiger partial charge in [0.25, 0.3) is 0 Å². The number of thiocarbonyl (C=S) groups is 1. The van der Waals surface area contributed by atoms with Crippen molar-refractivity contribution >= 4 is 28.8 Å². The van der Waals surface area contributed by atoms with Crippen LogP contribution in [0.1, 0.15) is 24.0 Å². The fraction of sp³-hybridized carbons (Fsp3) is 0.533. The molecule has 0 radical (unpaired) electrons. The molecule has 0 spiro atoms. The first kappa shape index (κ1) is 16.6. The molecule has 3 N–H and O–H groups in total. The number of halogens is 1. The van der Waals surface area contributed by atoms with Gasteiger partial charge in [-0.15, -0.1) is 0 Å². The maximum atomic E-state index is 10.5.